The number of nitrogens with one attached hydrogen (secondary N) is 1. The van der Waals surface area contributed by atoms with Gasteiger partial charge in [0.2, 0.25) is 5.91 Å². The van der Waals surface area contributed by atoms with Crippen LogP contribution in [0.15, 0.2) is 96.4 Å². The topological polar surface area (TPSA) is 66.5 Å². The van der Waals surface area contributed by atoms with Crippen molar-refractivity contribution in [1.29, 1.82) is 0 Å². The molecule has 4 heterocycles. The Bertz CT molecular complexity index is 1690. The Hall–Kier alpha value is -4.29. The van der Waals surface area contributed by atoms with Gasteiger partial charge in [0.15, 0.2) is 11.6 Å². The molecule has 1 N–H and O–H groups in total. The number of aryl methyl sites for hydroxylation is 1. The number of hydrogen-bond acceptors (Lipinski definition) is 5. The zero-order valence-corrected chi connectivity index (χ0v) is 22.4. The van der Waals surface area contributed by atoms with E-state index in [-0.39, 0.29) is 17.5 Å². The van der Waals surface area contributed by atoms with Crippen molar-refractivity contribution in [2.24, 2.45) is 5.92 Å². The van der Waals surface area contributed by atoms with E-state index in [0.717, 1.165) is 28.0 Å². The summed E-state index contributed by atoms with van der Waals surface area (Å²) in [5, 5.41) is 4.96. The SMILES string of the molecule is CC1=C[C@@H]2N(c3ccc(C)cc31)[C@H](C(=O)c1cccs1)[C@H](C(=O)c1ccccc1)[C@@]21C(=O)Nc2ccccc21. The van der Waals surface area contributed by atoms with E-state index in [1.54, 1.807) is 18.2 Å². The van der Waals surface area contributed by atoms with E-state index in [9.17, 15) is 14.4 Å². The molecule has 192 valence electrons. The molecule has 1 amide bonds. The minimum Gasteiger partial charge on any atom is -0.352 e. The van der Waals surface area contributed by atoms with Gasteiger partial charge in [0.1, 0.15) is 11.5 Å². The Balaban J connectivity index is 1.57. The van der Waals surface area contributed by atoms with Crippen molar-refractivity contribution >= 4 is 45.8 Å². The van der Waals surface area contributed by atoms with E-state index in [0.29, 0.717) is 16.1 Å². The average Bonchev–Trinajstić information content (AvgIpc) is 3.66. The molecular formula is C33H26N2O3S. The van der Waals surface area contributed by atoms with Crippen LogP contribution in [0.4, 0.5) is 11.4 Å². The molecule has 3 aliphatic heterocycles. The second kappa shape index (κ2) is 8.61. The van der Waals surface area contributed by atoms with Crippen LogP contribution in [0.5, 0.6) is 0 Å². The van der Waals surface area contributed by atoms with Gasteiger partial charge < -0.3 is 10.2 Å². The summed E-state index contributed by atoms with van der Waals surface area (Å²) >= 11 is 1.37. The van der Waals surface area contributed by atoms with Gasteiger partial charge in [-0.1, -0.05) is 72.3 Å². The average molecular weight is 531 g/mol. The first-order valence-electron chi connectivity index (χ1n) is 13.1. The molecule has 5 nitrogen and oxygen atoms in total. The highest BCUT2D eigenvalue weighted by molar-refractivity contribution is 7.12. The molecule has 1 fully saturated rings. The monoisotopic (exact) mass is 530 g/mol. The van der Waals surface area contributed by atoms with Crippen LogP contribution in [0.3, 0.4) is 0 Å². The number of benzene rings is 3. The third-order valence-corrected chi connectivity index (χ3v) is 9.39. The van der Waals surface area contributed by atoms with Crippen LogP contribution in [0, 0.1) is 12.8 Å². The van der Waals surface area contributed by atoms with E-state index in [2.05, 4.69) is 22.4 Å². The highest BCUT2D eigenvalue weighted by atomic mass is 32.1. The summed E-state index contributed by atoms with van der Waals surface area (Å²) in [6.45, 7) is 4.09. The van der Waals surface area contributed by atoms with Gasteiger partial charge in [0.25, 0.3) is 0 Å². The molecule has 0 radical (unpaired) electrons. The van der Waals surface area contributed by atoms with Gasteiger partial charge in [-0.05, 0) is 54.6 Å². The maximum absolute atomic E-state index is 14.7. The Morgan fingerprint density at radius 3 is 2.44 bits per heavy atom. The summed E-state index contributed by atoms with van der Waals surface area (Å²) in [6.07, 6.45) is 2.09. The lowest BCUT2D eigenvalue weighted by Crippen LogP contribution is -2.51. The van der Waals surface area contributed by atoms with E-state index >= 15 is 0 Å². The fourth-order valence-corrected chi connectivity index (χ4v) is 7.59. The lowest BCUT2D eigenvalue weighted by molar-refractivity contribution is -0.121. The van der Waals surface area contributed by atoms with E-state index in [1.165, 1.54) is 11.3 Å². The van der Waals surface area contributed by atoms with Gasteiger partial charge >= 0.3 is 0 Å². The number of anilines is 2. The van der Waals surface area contributed by atoms with Crippen molar-refractivity contribution in [3.8, 4) is 0 Å². The molecule has 1 saturated heterocycles. The van der Waals surface area contributed by atoms with Gasteiger partial charge in [-0.2, -0.15) is 0 Å². The van der Waals surface area contributed by atoms with Crippen LogP contribution in [0.25, 0.3) is 5.57 Å². The first-order chi connectivity index (χ1) is 18.9. The number of Topliss-reactive ketones (excluding diaryl/α,β-unsaturated/α-hetero) is 2. The smallest absolute Gasteiger partial charge is 0.238 e. The maximum Gasteiger partial charge on any atom is 0.238 e. The molecule has 1 aromatic heterocycles. The van der Waals surface area contributed by atoms with Crippen LogP contribution in [-0.4, -0.2) is 29.6 Å². The second-order valence-corrected chi connectivity index (χ2v) is 11.5. The zero-order valence-electron chi connectivity index (χ0n) is 21.5. The normalized spacial score (nSPS) is 24.6. The van der Waals surface area contributed by atoms with Crippen molar-refractivity contribution < 1.29 is 14.4 Å². The lowest BCUT2D eigenvalue weighted by atomic mass is 9.64. The second-order valence-electron chi connectivity index (χ2n) is 10.6. The first-order valence-corrected chi connectivity index (χ1v) is 14.0. The number of para-hydroxylation sites is 1. The number of carbonyl (C=O) groups excluding carboxylic acids is 3. The summed E-state index contributed by atoms with van der Waals surface area (Å²) in [7, 11) is 0. The Kier molecular flexibility index (Phi) is 5.26. The predicted octanol–water partition coefficient (Wildman–Crippen LogP) is 6.30. The molecule has 0 saturated carbocycles. The van der Waals surface area contributed by atoms with Crippen molar-refractivity contribution in [2.75, 3.05) is 10.2 Å². The quantitative estimate of drug-likeness (QED) is 0.314. The minimum atomic E-state index is -1.29. The fourth-order valence-electron chi connectivity index (χ4n) is 6.89. The molecule has 4 atom stereocenters. The van der Waals surface area contributed by atoms with Gasteiger partial charge in [-0.25, -0.2) is 0 Å². The van der Waals surface area contributed by atoms with Gasteiger partial charge in [-0.15, -0.1) is 11.3 Å². The van der Waals surface area contributed by atoms with Crippen molar-refractivity contribution in [3.63, 3.8) is 0 Å². The van der Waals surface area contributed by atoms with Crippen molar-refractivity contribution in [1.82, 2.24) is 0 Å². The fraction of sp³-hybridized carbons (Fsp3) is 0.182. The van der Waals surface area contributed by atoms with Gasteiger partial charge in [0, 0.05) is 22.5 Å². The predicted molar refractivity (Wildman–Crippen MR) is 155 cm³/mol. The first kappa shape index (κ1) is 23.8. The van der Waals surface area contributed by atoms with E-state index < -0.39 is 23.4 Å². The maximum atomic E-state index is 14.7. The largest absolute Gasteiger partial charge is 0.352 e. The number of allylic oxidation sites excluding steroid dienone is 1. The summed E-state index contributed by atoms with van der Waals surface area (Å²) in [5.41, 5.74) is 4.69. The highest BCUT2D eigenvalue weighted by Gasteiger charge is 2.70. The Morgan fingerprint density at radius 1 is 0.897 bits per heavy atom. The molecule has 0 aliphatic carbocycles. The summed E-state index contributed by atoms with van der Waals surface area (Å²) < 4.78 is 0. The standard InChI is InChI=1S/C33H26N2O3S/c1-19-14-15-25-22(17-19)20(2)18-27-33(23-11-6-7-12-24(23)34-32(33)38)28(30(36)21-9-4-3-5-10-21)29(35(25)27)31(37)26-13-8-16-39-26/h3-18,27-29H,1-2H3,(H,34,38)/t27-,28+,29-,33-/m0/s1. The van der Waals surface area contributed by atoms with Crippen molar-refractivity contribution in [3.05, 3.63) is 124 Å². The molecule has 7 rings (SSSR count). The van der Waals surface area contributed by atoms with Gasteiger partial charge in [-0.3, -0.25) is 14.4 Å². The van der Waals surface area contributed by atoms with Crippen molar-refractivity contribution in [2.45, 2.75) is 31.3 Å². The number of nitrogens with zero attached hydrogens (tertiary/aromatic N) is 1. The van der Waals surface area contributed by atoms with Crippen LogP contribution < -0.4 is 10.2 Å². The van der Waals surface area contributed by atoms with E-state index in [4.69, 9.17) is 0 Å². The summed E-state index contributed by atoms with van der Waals surface area (Å²) in [4.78, 5) is 46.2. The highest BCUT2D eigenvalue weighted by Crippen LogP contribution is 2.59. The number of fused-ring (bicyclic) bond motifs is 6. The summed E-state index contributed by atoms with van der Waals surface area (Å²) in [6, 6.07) is 25.1. The number of carbonyl (C=O) groups is 3. The third-order valence-electron chi connectivity index (χ3n) is 8.51. The summed E-state index contributed by atoms with van der Waals surface area (Å²) in [5.74, 6) is -1.53. The number of thiophene rings is 1. The number of hydrogen-bond donors (Lipinski definition) is 1. The third kappa shape index (κ3) is 3.21. The molecule has 0 bridgehead atoms. The molecule has 3 aromatic carbocycles. The van der Waals surface area contributed by atoms with E-state index in [1.807, 2.05) is 79.9 Å². The Morgan fingerprint density at radius 2 is 1.67 bits per heavy atom. The molecule has 0 unspecified atom stereocenters. The van der Waals surface area contributed by atoms with Crippen LogP contribution >= 0.6 is 11.3 Å². The van der Waals surface area contributed by atoms with Crippen LogP contribution in [0.1, 0.15) is 43.6 Å². The van der Waals surface area contributed by atoms with Gasteiger partial charge in [0.05, 0.1) is 16.8 Å². The number of rotatable bonds is 4. The Labute approximate surface area is 230 Å². The zero-order chi connectivity index (χ0) is 26.9. The molecule has 6 heteroatoms. The molecule has 3 aliphatic rings. The van der Waals surface area contributed by atoms with Crippen LogP contribution in [-0.2, 0) is 10.2 Å². The molecule has 4 aromatic rings. The molecular weight excluding hydrogens is 504 g/mol. The minimum absolute atomic E-state index is 0.141. The molecule has 1 spiro atoms. The number of amides is 1. The molecule has 39 heavy (non-hydrogen) atoms. The number of ketones is 2. The van der Waals surface area contributed by atoms with Crippen LogP contribution in [0.2, 0.25) is 0 Å². The lowest BCUT2D eigenvalue weighted by Gasteiger charge is -2.39.